The van der Waals surface area contributed by atoms with Crippen molar-refractivity contribution in [1.82, 2.24) is 19.9 Å². The fourth-order valence-electron chi connectivity index (χ4n) is 4.51. The van der Waals surface area contributed by atoms with Crippen LogP contribution in [0.2, 0.25) is 0 Å². The van der Waals surface area contributed by atoms with Crippen LogP contribution in [0.25, 0.3) is 21.9 Å². The van der Waals surface area contributed by atoms with Crippen molar-refractivity contribution in [1.29, 1.82) is 0 Å². The smallest absolute Gasteiger partial charge is 0.217 e. The first-order chi connectivity index (χ1) is 13.6. The van der Waals surface area contributed by atoms with Crippen molar-refractivity contribution in [3.63, 3.8) is 0 Å². The molecule has 6 heteroatoms. The molecule has 0 atom stereocenters. The molecule has 0 saturated heterocycles. The van der Waals surface area contributed by atoms with Gasteiger partial charge in [-0.25, -0.2) is 4.98 Å². The van der Waals surface area contributed by atoms with Crippen molar-refractivity contribution < 1.29 is 9.53 Å². The minimum absolute atomic E-state index is 0.0317. The van der Waals surface area contributed by atoms with Crippen molar-refractivity contribution in [2.75, 3.05) is 6.61 Å². The molecule has 3 aromatic rings. The van der Waals surface area contributed by atoms with Crippen LogP contribution in [-0.2, 0) is 22.7 Å². The summed E-state index contributed by atoms with van der Waals surface area (Å²) in [5.74, 6) is 0.925. The molecule has 1 saturated carbocycles. The van der Waals surface area contributed by atoms with E-state index in [4.69, 9.17) is 9.72 Å². The first-order valence-electron chi connectivity index (χ1n) is 10.2. The molecule has 0 radical (unpaired) electrons. The second kappa shape index (κ2) is 7.87. The van der Waals surface area contributed by atoms with Crippen molar-refractivity contribution >= 4 is 27.8 Å². The summed E-state index contributed by atoms with van der Waals surface area (Å²) < 4.78 is 7.97. The zero-order valence-corrected chi connectivity index (χ0v) is 16.7. The van der Waals surface area contributed by atoms with Gasteiger partial charge >= 0.3 is 0 Å². The third-order valence-electron chi connectivity index (χ3n) is 5.71. The summed E-state index contributed by atoms with van der Waals surface area (Å²) in [5, 5.41) is 4.37. The van der Waals surface area contributed by atoms with Gasteiger partial charge in [-0.2, -0.15) is 0 Å². The van der Waals surface area contributed by atoms with Gasteiger partial charge in [0.15, 0.2) is 0 Å². The monoisotopic (exact) mass is 380 g/mol. The second-order valence-corrected chi connectivity index (χ2v) is 7.78. The fourth-order valence-corrected chi connectivity index (χ4v) is 4.51. The van der Waals surface area contributed by atoms with E-state index in [1.807, 2.05) is 31.3 Å². The molecule has 0 unspecified atom stereocenters. The van der Waals surface area contributed by atoms with Crippen LogP contribution in [0.15, 0.2) is 30.5 Å². The Kier molecular flexibility index (Phi) is 5.31. The van der Waals surface area contributed by atoms with Gasteiger partial charge in [0.05, 0.1) is 22.8 Å². The normalized spacial score (nSPS) is 16.5. The zero-order valence-electron chi connectivity index (χ0n) is 16.7. The molecule has 0 spiro atoms. The van der Waals surface area contributed by atoms with E-state index in [0.29, 0.717) is 19.8 Å². The maximum atomic E-state index is 12.0. The number of pyridine rings is 1. The van der Waals surface area contributed by atoms with E-state index in [1.165, 1.54) is 6.42 Å². The number of aromatic nitrogens is 3. The van der Waals surface area contributed by atoms with E-state index in [1.54, 1.807) is 6.92 Å². The molecule has 4 rings (SSSR count). The Hall–Kier alpha value is -2.47. The molecule has 2 aromatic heterocycles. The van der Waals surface area contributed by atoms with Crippen molar-refractivity contribution in [3.05, 3.63) is 36.3 Å². The summed E-state index contributed by atoms with van der Waals surface area (Å²) in [4.78, 5) is 21.4. The molecular weight excluding hydrogens is 352 g/mol. The Balaban J connectivity index is 1.86. The minimum Gasteiger partial charge on any atom is -0.374 e. The Labute approximate surface area is 165 Å². The van der Waals surface area contributed by atoms with E-state index >= 15 is 0 Å². The molecule has 1 aliphatic rings. The lowest BCUT2D eigenvalue weighted by molar-refractivity contribution is -0.121. The molecule has 1 N–H and O–H groups in total. The molecule has 6 nitrogen and oxygen atoms in total. The molecule has 0 bridgehead atoms. The number of rotatable bonds is 6. The van der Waals surface area contributed by atoms with E-state index < -0.39 is 0 Å². The summed E-state index contributed by atoms with van der Waals surface area (Å²) in [6, 6.07) is 8.16. The number of hydrogen-bond donors (Lipinski definition) is 1. The first kappa shape index (κ1) is 18.9. The van der Waals surface area contributed by atoms with Gasteiger partial charge in [0.2, 0.25) is 5.91 Å². The summed E-state index contributed by atoms with van der Waals surface area (Å²) in [5.41, 5.74) is 2.68. The highest BCUT2D eigenvalue weighted by Gasteiger charge is 2.34. The lowest BCUT2D eigenvalue weighted by Crippen LogP contribution is -2.52. The molecule has 2 heterocycles. The Morgan fingerprint density at radius 1 is 1.21 bits per heavy atom. The lowest BCUT2D eigenvalue weighted by atomic mass is 9.81. The van der Waals surface area contributed by atoms with Gasteiger partial charge in [0.25, 0.3) is 0 Å². The predicted molar refractivity (Wildman–Crippen MR) is 110 cm³/mol. The standard InChI is InChI=1S/C22H28N4O2/c1-3-28-14-20-24-19-13-23-18-10-6-5-9-17(18)21(19)26(20)15-22(25-16(2)27)11-7-4-8-12-22/h5-6,9-10,13H,3-4,7-8,11-12,14-15H2,1-2H3,(H,25,27). The van der Waals surface area contributed by atoms with Gasteiger partial charge in [-0.15, -0.1) is 0 Å². The molecule has 28 heavy (non-hydrogen) atoms. The van der Waals surface area contributed by atoms with Crippen LogP contribution >= 0.6 is 0 Å². The van der Waals surface area contributed by atoms with Crippen LogP contribution in [0.4, 0.5) is 0 Å². The lowest BCUT2D eigenvalue weighted by Gasteiger charge is -2.38. The maximum absolute atomic E-state index is 12.0. The molecular formula is C22H28N4O2. The van der Waals surface area contributed by atoms with Gasteiger partial charge in [-0.05, 0) is 25.8 Å². The Morgan fingerprint density at radius 2 is 2.00 bits per heavy atom. The maximum Gasteiger partial charge on any atom is 0.217 e. The highest BCUT2D eigenvalue weighted by molar-refractivity contribution is 6.02. The third kappa shape index (κ3) is 3.61. The number of carbonyl (C=O) groups excluding carboxylic acids is 1. The van der Waals surface area contributed by atoms with Gasteiger partial charge in [-0.3, -0.25) is 9.78 Å². The molecule has 148 valence electrons. The number of imidazole rings is 1. The quantitative estimate of drug-likeness (QED) is 0.703. The average Bonchev–Trinajstić information content (AvgIpc) is 3.04. The topological polar surface area (TPSA) is 69.0 Å². The SMILES string of the molecule is CCOCc1nc2cnc3ccccc3c2n1CC1(NC(C)=O)CCCCC1. The highest BCUT2D eigenvalue weighted by atomic mass is 16.5. The first-order valence-corrected chi connectivity index (χ1v) is 10.2. The number of hydrogen-bond acceptors (Lipinski definition) is 4. The number of nitrogens with zero attached hydrogens (tertiary/aromatic N) is 3. The molecule has 1 aromatic carbocycles. The second-order valence-electron chi connectivity index (χ2n) is 7.78. The van der Waals surface area contributed by atoms with Crippen molar-refractivity contribution in [2.45, 2.75) is 64.6 Å². The molecule has 1 aliphatic carbocycles. The third-order valence-corrected chi connectivity index (χ3v) is 5.71. The molecule has 1 amide bonds. The minimum atomic E-state index is -0.233. The van der Waals surface area contributed by atoms with Gasteiger partial charge in [0, 0.05) is 25.5 Å². The Morgan fingerprint density at radius 3 is 2.75 bits per heavy atom. The highest BCUT2D eigenvalue weighted by Crippen LogP contribution is 2.33. The van der Waals surface area contributed by atoms with Crippen LogP contribution in [0.5, 0.6) is 0 Å². The van der Waals surface area contributed by atoms with Gasteiger partial charge in [-0.1, -0.05) is 37.5 Å². The van der Waals surface area contributed by atoms with Crippen LogP contribution in [0, 0.1) is 0 Å². The molecule has 0 aliphatic heterocycles. The predicted octanol–water partition coefficient (Wildman–Crippen LogP) is 3.96. The van der Waals surface area contributed by atoms with E-state index in [9.17, 15) is 4.79 Å². The number of fused-ring (bicyclic) bond motifs is 3. The summed E-state index contributed by atoms with van der Waals surface area (Å²) in [7, 11) is 0. The summed E-state index contributed by atoms with van der Waals surface area (Å²) >= 11 is 0. The largest absolute Gasteiger partial charge is 0.374 e. The van der Waals surface area contributed by atoms with Crippen LogP contribution in [0.1, 0.15) is 51.8 Å². The number of ether oxygens (including phenoxy) is 1. The zero-order chi connectivity index (χ0) is 19.6. The van der Waals surface area contributed by atoms with Crippen molar-refractivity contribution in [2.24, 2.45) is 0 Å². The van der Waals surface area contributed by atoms with E-state index in [0.717, 1.165) is 53.4 Å². The van der Waals surface area contributed by atoms with Crippen LogP contribution < -0.4 is 5.32 Å². The fraction of sp³-hybridized carbons (Fsp3) is 0.500. The average molecular weight is 380 g/mol. The Bertz CT molecular complexity index is 989. The van der Waals surface area contributed by atoms with Crippen LogP contribution in [0.3, 0.4) is 0 Å². The number of amides is 1. The summed E-state index contributed by atoms with van der Waals surface area (Å²) in [6.07, 6.45) is 7.32. The molecule has 1 fully saturated rings. The van der Waals surface area contributed by atoms with Gasteiger partial charge in [0.1, 0.15) is 17.9 Å². The number of carbonyl (C=O) groups is 1. The number of para-hydroxylation sites is 1. The number of benzene rings is 1. The van der Waals surface area contributed by atoms with Gasteiger partial charge < -0.3 is 14.6 Å². The van der Waals surface area contributed by atoms with E-state index in [2.05, 4.69) is 20.9 Å². The number of nitrogens with one attached hydrogen (secondary N) is 1. The van der Waals surface area contributed by atoms with Crippen molar-refractivity contribution in [3.8, 4) is 0 Å². The summed E-state index contributed by atoms with van der Waals surface area (Å²) in [6.45, 7) is 5.40. The van der Waals surface area contributed by atoms with Crippen LogP contribution in [-0.4, -0.2) is 32.6 Å². The van der Waals surface area contributed by atoms with E-state index in [-0.39, 0.29) is 11.4 Å².